The molecule has 6 aromatic rings. The van der Waals surface area contributed by atoms with Crippen molar-refractivity contribution < 1.29 is 4.39 Å². The van der Waals surface area contributed by atoms with E-state index in [4.69, 9.17) is 9.97 Å². The number of pyridine rings is 2. The Morgan fingerprint density at radius 1 is 0.850 bits per heavy atom. The third kappa shape index (κ3) is 4.67. The molecule has 1 aliphatic rings. The number of benzene rings is 2. The van der Waals surface area contributed by atoms with Crippen LogP contribution < -0.4 is 0 Å². The summed E-state index contributed by atoms with van der Waals surface area (Å²) in [6, 6.07) is 27.0. The molecule has 198 valence electrons. The third-order valence-corrected chi connectivity index (χ3v) is 7.66. The first-order valence-electron chi connectivity index (χ1n) is 13.6. The van der Waals surface area contributed by atoms with Gasteiger partial charge in [0.15, 0.2) is 5.82 Å². The van der Waals surface area contributed by atoms with Crippen molar-refractivity contribution in [1.29, 1.82) is 0 Å². The van der Waals surface area contributed by atoms with Gasteiger partial charge in [0, 0.05) is 36.0 Å². The molecule has 0 unspecified atom stereocenters. The zero-order valence-corrected chi connectivity index (χ0v) is 21.9. The van der Waals surface area contributed by atoms with Crippen molar-refractivity contribution in [2.24, 2.45) is 0 Å². The molecule has 0 spiro atoms. The predicted molar refractivity (Wildman–Crippen MR) is 153 cm³/mol. The van der Waals surface area contributed by atoms with Gasteiger partial charge in [-0.05, 0) is 67.9 Å². The fourth-order valence-electron chi connectivity index (χ4n) is 5.56. The molecule has 5 heterocycles. The molecule has 8 heteroatoms. The minimum absolute atomic E-state index is 0.257. The minimum Gasteiger partial charge on any atom is -0.299 e. The minimum atomic E-state index is -0.257. The van der Waals surface area contributed by atoms with E-state index in [1.807, 2.05) is 59.1 Å². The maximum atomic E-state index is 14.9. The summed E-state index contributed by atoms with van der Waals surface area (Å²) in [5.41, 5.74) is 5.89. The van der Waals surface area contributed by atoms with E-state index in [2.05, 4.69) is 44.3 Å². The first-order valence-corrected chi connectivity index (χ1v) is 13.6. The van der Waals surface area contributed by atoms with Crippen LogP contribution in [0.15, 0.2) is 97.3 Å². The van der Waals surface area contributed by atoms with Gasteiger partial charge in [-0.15, -0.1) is 0 Å². The van der Waals surface area contributed by atoms with Gasteiger partial charge in [0.1, 0.15) is 23.0 Å². The molecule has 0 atom stereocenters. The van der Waals surface area contributed by atoms with Crippen LogP contribution >= 0.6 is 0 Å². The van der Waals surface area contributed by atoms with Gasteiger partial charge in [-0.3, -0.25) is 19.4 Å². The van der Waals surface area contributed by atoms with Crippen LogP contribution in [0.4, 0.5) is 4.39 Å². The number of likely N-dealkylation sites (tertiary alicyclic amines) is 1. The second kappa shape index (κ2) is 10.5. The van der Waals surface area contributed by atoms with Gasteiger partial charge in [-0.2, -0.15) is 5.10 Å². The summed E-state index contributed by atoms with van der Waals surface area (Å²) in [7, 11) is 0. The molecule has 0 radical (unpaired) electrons. The molecule has 1 saturated heterocycles. The lowest BCUT2D eigenvalue weighted by Crippen LogP contribution is -2.32. The Hall–Kier alpha value is -4.69. The van der Waals surface area contributed by atoms with Crippen LogP contribution in [-0.2, 0) is 6.54 Å². The number of fused-ring (bicyclic) bond motifs is 1. The summed E-state index contributed by atoms with van der Waals surface area (Å²) >= 11 is 0. The Kier molecular flexibility index (Phi) is 6.37. The third-order valence-electron chi connectivity index (χ3n) is 7.66. The quantitative estimate of drug-likeness (QED) is 0.272. The Bertz CT molecular complexity index is 1750. The maximum Gasteiger partial charge on any atom is 0.199 e. The smallest absolute Gasteiger partial charge is 0.199 e. The van der Waals surface area contributed by atoms with Crippen molar-refractivity contribution in [1.82, 2.24) is 34.4 Å². The molecule has 0 aliphatic carbocycles. The largest absolute Gasteiger partial charge is 0.299 e. The molecule has 1 aliphatic heterocycles. The Morgan fingerprint density at radius 3 is 2.45 bits per heavy atom. The summed E-state index contributed by atoms with van der Waals surface area (Å²) in [4.78, 5) is 16.4. The number of halogens is 1. The van der Waals surface area contributed by atoms with Crippen molar-refractivity contribution >= 4 is 5.65 Å². The van der Waals surface area contributed by atoms with Gasteiger partial charge < -0.3 is 0 Å². The zero-order chi connectivity index (χ0) is 26.9. The lowest BCUT2D eigenvalue weighted by atomic mass is 9.95. The van der Waals surface area contributed by atoms with E-state index in [9.17, 15) is 4.39 Å². The SMILES string of the molecule is Fc1ccccc1-c1c(-c2ccc(CN3CCC(c4nc(-c5ccccn5)n[nH]4)CC3)cc2)nc2ccccn12. The van der Waals surface area contributed by atoms with Crippen molar-refractivity contribution in [2.75, 3.05) is 13.1 Å². The maximum absolute atomic E-state index is 14.9. The van der Waals surface area contributed by atoms with Crippen LogP contribution in [-0.4, -0.2) is 47.5 Å². The monoisotopic (exact) mass is 529 g/mol. The summed E-state index contributed by atoms with van der Waals surface area (Å²) in [5.74, 6) is 1.72. The fraction of sp³-hybridized carbons (Fsp3) is 0.188. The zero-order valence-electron chi connectivity index (χ0n) is 21.9. The van der Waals surface area contributed by atoms with Gasteiger partial charge in [-0.1, -0.05) is 48.5 Å². The number of aromatic nitrogens is 6. The number of nitrogens with one attached hydrogen (secondary N) is 1. The molecular formula is C32H28FN7. The van der Waals surface area contributed by atoms with Crippen LogP contribution in [0.2, 0.25) is 0 Å². The number of imidazole rings is 1. The molecule has 2 aromatic carbocycles. The normalized spacial score (nSPS) is 14.6. The summed E-state index contributed by atoms with van der Waals surface area (Å²) in [6.07, 6.45) is 5.75. The van der Waals surface area contributed by atoms with Crippen molar-refractivity contribution in [3.63, 3.8) is 0 Å². The molecule has 1 N–H and O–H groups in total. The number of aromatic amines is 1. The van der Waals surface area contributed by atoms with Crippen molar-refractivity contribution in [3.05, 3.63) is 115 Å². The van der Waals surface area contributed by atoms with Crippen LogP contribution in [0.25, 0.3) is 39.7 Å². The highest BCUT2D eigenvalue weighted by molar-refractivity contribution is 5.82. The topological polar surface area (TPSA) is 75.0 Å². The van der Waals surface area contributed by atoms with Crippen LogP contribution in [0.5, 0.6) is 0 Å². The number of hydrogen-bond donors (Lipinski definition) is 1. The van der Waals surface area contributed by atoms with Gasteiger partial charge in [0.2, 0.25) is 0 Å². The molecule has 0 amide bonds. The molecule has 7 nitrogen and oxygen atoms in total. The van der Waals surface area contributed by atoms with Crippen LogP contribution in [0.3, 0.4) is 0 Å². The summed E-state index contributed by atoms with van der Waals surface area (Å²) in [5, 5.41) is 7.52. The molecule has 0 bridgehead atoms. The average molecular weight is 530 g/mol. The number of piperidine rings is 1. The molecule has 40 heavy (non-hydrogen) atoms. The number of rotatable bonds is 6. The van der Waals surface area contributed by atoms with Crippen LogP contribution in [0.1, 0.15) is 30.1 Å². The first-order chi connectivity index (χ1) is 19.7. The molecule has 7 rings (SSSR count). The average Bonchev–Trinajstić information content (AvgIpc) is 3.65. The van der Waals surface area contributed by atoms with E-state index in [1.54, 1.807) is 12.3 Å². The highest BCUT2D eigenvalue weighted by Gasteiger charge is 2.24. The van der Waals surface area contributed by atoms with Gasteiger partial charge in [-0.25, -0.2) is 14.4 Å². The Balaban J connectivity index is 1.05. The lowest BCUT2D eigenvalue weighted by molar-refractivity contribution is 0.202. The summed E-state index contributed by atoms with van der Waals surface area (Å²) in [6.45, 7) is 2.87. The van der Waals surface area contributed by atoms with E-state index in [-0.39, 0.29) is 5.82 Å². The first kappa shape index (κ1) is 24.4. The van der Waals surface area contributed by atoms with E-state index in [0.29, 0.717) is 17.3 Å². The Morgan fingerprint density at radius 2 is 1.65 bits per heavy atom. The fourth-order valence-corrected chi connectivity index (χ4v) is 5.56. The standard InChI is InChI=1S/C32H28FN7/c33-26-8-2-1-7-25(26)30-29(35-28-10-4-6-18-40(28)30)23-13-11-22(12-14-23)21-39-19-15-24(16-20-39)31-36-32(38-37-31)27-9-3-5-17-34-27/h1-14,17-18,24H,15-16,19-21H2,(H,36,37,38). The van der Waals surface area contributed by atoms with Gasteiger partial charge >= 0.3 is 0 Å². The highest BCUT2D eigenvalue weighted by atomic mass is 19.1. The highest BCUT2D eigenvalue weighted by Crippen LogP contribution is 2.34. The van der Waals surface area contributed by atoms with Gasteiger partial charge in [0.05, 0.1) is 11.4 Å². The number of H-pyrrole nitrogens is 1. The van der Waals surface area contributed by atoms with E-state index in [0.717, 1.165) is 66.6 Å². The molecule has 0 saturated carbocycles. The van der Waals surface area contributed by atoms with Crippen molar-refractivity contribution in [3.8, 4) is 34.0 Å². The molecule has 4 aromatic heterocycles. The second-order valence-corrected chi connectivity index (χ2v) is 10.2. The molecule has 1 fully saturated rings. The Labute approximate surface area is 231 Å². The van der Waals surface area contributed by atoms with E-state index in [1.165, 1.54) is 11.6 Å². The lowest BCUT2D eigenvalue weighted by Gasteiger charge is -2.30. The second-order valence-electron chi connectivity index (χ2n) is 10.2. The number of nitrogens with zero attached hydrogens (tertiary/aromatic N) is 6. The van der Waals surface area contributed by atoms with Crippen molar-refractivity contribution in [2.45, 2.75) is 25.3 Å². The van der Waals surface area contributed by atoms with E-state index >= 15 is 0 Å². The van der Waals surface area contributed by atoms with Crippen LogP contribution in [0, 0.1) is 5.82 Å². The number of hydrogen-bond acceptors (Lipinski definition) is 5. The summed E-state index contributed by atoms with van der Waals surface area (Å²) < 4.78 is 16.8. The van der Waals surface area contributed by atoms with E-state index < -0.39 is 0 Å². The van der Waals surface area contributed by atoms with Gasteiger partial charge in [0.25, 0.3) is 0 Å². The molecular weight excluding hydrogens is 501 g/mol. The predicted octanol–water partition coefficient (Wildman–Crippen LogP) is 6.37.